The predicted octanol–water partition coefficient (Wildman–Crippen LogP) is 2.89. The molecule has 0 bridgehead atoms. The first-order valence-electron chi connectivity index (χ1n) is 6.88. The quantitative estimate of drug-likeness (QED) is 0.772. The van der Waals surface area contributed by atoms with Gasteiger partial charge in [-0.3, -0.25) is 0 Å². The second-order valence-corrected chi connectivity index (χ2v) is 4.88. The van der Waals surface area contributed by atoms with Gasteiger partial charge in [0.2, 0.25) is 0 Å². The minimum atomic E-state index is 0.303. The molecule has 3 rings (SSSR count). The monoisotopic (exact) mass is 292 g/mol. The van der Waals surface area contributed by atoms with Crippen molar-refractivity contribution in [1.29, 1.82) is 0 Å². The Hall–Kier alpha value is -3.08. The molecule has 0 saturated heterocycles. The molecule has 2 aromatic carbocycles. The van der Waals surface area contributed by atoms with Crippen LogP contribution in [0.5, 0.6) is 5.75 Å². The minimum Gasteiger partial charge on any atom is -0.489 e. The molecule has 0 spiro atoms. The molecule has 1 heterocycles. The summed E-state index contributed by atoms with van der Waals surface area (Å²) in [5.74, 6) is 1.05. The zero-order chi connectivity index (χ0) is 15.4. The maximum absolute atomic E-state index is 5.95. The first kappa shape index (κ1) is 13.9. The van der Waals surface area contributed by atoms with Gasteiger partial charge in [0.05, 0.1) is 5.69 Å². The van der Waals surface area contributed by atoms with E-state index in [0.29, 0.717) is 23.8 Å². The maximum atomic E-state index is 5.95. The minimum absolute atomic E-state index is 0.303. The molecular weight excluding hydrogens is 276 g/mol. The Balaban J connectivity index is 1.80. The summed E-state index contributed by atoms with van der Waals surface area (Å²) in [5.41, 5.74) is 14.6. The molecule has 110 valence electrons. The number of aromatic nitrogens is 2. The van der Waals surface area contributed by atoms with Gasteiger partial charge in [0, 0.05) is 11.6 Å². The number of nitrogen functional groups attached to an aromatic ring is 2. The Morgan fingerprint density at radius 3 is 2.45 bits per heavy atom. The third-order valence-electron chi connectivity index (χ3n) is 3.20. The Kier molecular flexibility index (Phi) is 3.87. The van der Waals surface area contributed by atoms with Crippen LogP contribution < -0.4 is 16.2 Å². The Morgan fingerprint density at radius 1 is 0.864 bits per heavy atom. The molecule has 0 saturated carbocycles. The normalized spacial score (nSPS) is 10.4. The topological polar surface area (TPSA) is 87.0 Å². The number of nitrogens with zero attached hydrogens (tertiary/aromatic N) is 2. The van der Waals surface area contributed by atoms with Crippen molar-refractivity contribution in [1.82, 2.24) is 10.2 Å². The van der Waals surface area contributed by atoms with Crippen molar-refractivity contribution in [2.75, 3.05) is 11.5 Å². The summed E-state index contributed by atoms with van der Waals surface area (Å²) in [5, 5.41) is 7.90. The SMILES string of the molecule is Nc1cc(N)c(-c2cccc(OCc3ccccc3)c2)nn1. The van der Waals surface area contributed by atoms with Crippen LogP contribution in [0.15, 0.2) is 60.7 Å². The van der Waals surface area contributed by atoms with Crippen LogP contribution in [0.3, 0.4) is 0 Å². The van der Waals surface area contributed by atoms with Gasteiger partial charge in [0.15, 0.2) is 0 Å². The first-order valence-corrected chi connectivity index (χ1v) is 6.88. The number of ether oxygens (including phenoxy) is 1. The van der Waals surface area contributed by atoms with Crippen LogP contribution in [0.4, 0.5) is 11.5 Å². The van der Waals surface area contributed by atoms with E-state index in [2.05, 4.69) is 10.2 Å². The number of anilines is 2. The summed E-state index contributed by atoms with van der Waals surface area (Å²) in [7, 11) is 0. The van der Waals surface area contributed by atoms with Crippen LogP contribution >= 0.6 is 0 Å². The number of nitrogens with two attached hydrogens (primary N) is 2. The molecule has 0 aliphatic heterocycles. The zero-order valence-electron chi connectivity index (χ0n) is 11.9. The fourth-order valence-corrected chi connectivity index (χ4v) is 2.12. The lowest BCUT2D eigenvalue weighted by atomic mass is 10.1. The lowest BCUT2D eigenvalue weighted by molar-refractivity contribution is 0.306. The standard InChI is InChI=1S/C17H16N4O/c18-15-10-16(19)20-21-17(15)13-7-4-8-14(9-13)22-11-12-5-2-1-3-6-12/h1-10H,11H2,(H4,18,19,20). The molecule has 0 radical (unpaired) electrons. The molecule has 3 aromatic rings. The van der Waals surface area contributed by atoms with E-state index in [9.17, 15) is 0 Å². The van der Waals surface area contributed by atoms with Gasteiger partial charge in [0.25, 0.3) is 0 Å². The Morgan fingerprint density at radius 2 is 1.68 bits per heavy atom. The zero-order valence-corrected chi connectivity index (χ0v) is 11.9. The smallest absolute Gasteiger partial charge is 0.148 e. The highest BCUT2D eigenvalue weighted by Gasteiger charge is 2.07. The molecule has 0 amide bonds. The largest absolute Gasteiger partial charge is 0.489 e. The molecule has 0 fully saturated rings. The maximum Gasteiger partial charge on any atom is 0.148 e. The average molecular weight is 292 g/mol. The van der Waals surface area contributed by atoms with Gasteiger partial charge in [-0.15, -0.1) is 10.2 Å². The van der Waals surface area contributed by atoms with Crippen LogP contribution in [-0.4, -0.2) is 10.2 Å². The van der Waals surface area contributed by atoms with Crippen molar-refractivity contribution in [2.24, 2.45) is 0 Å². The average Bonchev–Trinajstić information content (AvgIpc) is 2.54. The van der Waals surface area contributed by atoms with E-state index < -0.39 is 0 Å². The van der Waals surface area contributed by atoms with Gasteiger partial charge in [-0.2, -0.15) is 0 Å². The van der Waals surface area contributed by atoms with E-state index in [-0.39, 0.29) is 0 Å². The molecule has 0 atom stereocenters. The van der Waals surface area contributed by atoms with E-state index in [1.165, 1.54) is 0 Å². The van der Waals surface area contributed by atoms with Crippen molar-refractivity contribution in [2.45, 2.75) is 6.61 Å². The summed E-state index contributed by atoms with van der Waals surface area (Å²) in [6.45, 7) is 0.507. The molecule has 0 aliphatic rings. The van der Waals surface area contributed by atoms with Gasteiger partial charge >= 0.3 is 0 Å². The fraction of sp³-hybridized carbons (Fsp3) is 0.0588. The summed E-state index contributed by atoms with van der Waals surface area (Å²) < 4.78 is 5.80. The second kappa shape index (κ2) is 6.13. The van der Waals surface area contributed by atoms with Gasteiger partial charge in [0.1, 0.15) is 23.9 Å². The first-order chi connectivity index (χ1) is 10.7. The lowest BCUT2D eigenvalue weighted by Gasteiger charge is -2.09. The highest BCUT2D eigenvalue weighted by Crippen LogP contribution is 2.27. The van der Waals surface area contributed by atoms with Crippen molar-refractivity contribution in [3.8, 4) is 17.0 Å². The summed E-state index contributed by atoms with van der Waals surface area (Å²) in [4.78, 5) is 0. The van der Waals surface area contributed by atoms with E-state index in [4.69, 9.17) is 16.2 Å². The molecule has 0 unspecified atom stereocenters. The third kappa shape index (κ3) is 3.15. The third-order valence-corrected chi connectivity index (χ3v) is 3.20. The van der Waals surface area contributed by atoms with Crippen LogP contribution in [0.25, 0.3) is 11.3 Å². The van der Waals surface area contributed by atoms with E-state index in [1.54, 1.807) is 6.07 Å². The second-order valence-electron chi connectivity index (χ2n) is 4.88. The number of benzene rings is 2. The number of hydrogen-bond acceptors (Lipinski definition) is 5. The Bertz CT molecular complexity index is 775. The van der Waals surface area contributed by atoms with Crippen LogP contribution in [0.2, 0.25) is 0 Å². The van der Waals surface area contributed by atoms with Crippen LogP contribution in [-0.2, 0) is 6.61 Å². The van der Waals surface area contributed by atoms with Gasteiger partial charge in [-0.1, -0.05) is 42.5 Å². The molecule has 5 heteroatoms. The number of hydrogen-bond donors (Lipinski definition) is 2. The molecule has 22 heavy (non-hydrogen) atoms. The van der Waals surface area contributed by atoms with E-state index >= 15 is 0 Å². The van der Waals surface area contributed by atoms with Crippen LogP contribution in [0, 0.1) is 0 Å². The highest BCUT2D eigenvalue weighted by atomic mass is 16.5. The molecular formula is C17H16N4O. The highest BCUT2D eigenvalue weighted by molar-refractivity contribution is 5.74. The molecule has 0 aliphatic carbocycles. The molecule has 5 nitrogen and oxygen atoms in total. The van der Waals surface area contributed by atoms with Crippen molar-refractivity contribution >= 4 is 11.5 Å². The van der Waals surface area contributed by atoms with Gasteiger partial charge in [-0.05, 0) is 17.7 Å². The summed E-state index contributed by atoms with van der Waals surface area (Å²) in [6.07, 6.45) is 0. The van der Waals surface area contributed by atoms with E-state index in [1.807, 2.05) is 54.6 Å². The lowest BCUT2D eigenvalue weighted by Crippen LogP contribution is -2.00. The van der Waals surface area contributed by atoms with Gasteiger partial charge in [-0.25, -0.2) is 0 Å². The van der Waals surface area contributed by atoms with Gasteiger partial charge < -0.3 is 16.2 Å². The van der Waals surface area contributed by atoms with Crippen molar-refractivity contribution in [3.05, 3.63) is 66.2 Å². The summed E-state index contributed by atoms with van der Waals surface area (Å²) >= 11 is 0. The number of rotatable bonds is 4. The molecule has 4 N–H and O–H groups in total. The predicted molar refractivity (Wildman–Crippen MR) is 87.1 cm³/mol. The van der Waals surface area contributed by atoms with E-state index in [0.717, 1.165) is 16.9 Å². The molecule has 1 aromatic heterocycles. The Labute approximate surface area is 128 Å². The van der Waals surface area contributed by atoms with Crippen molar-refractivity contribution in [3.63, 3.8) is 0 Å². The van der Waals surface area contributed by atoms with Crippen molar-refractivity contribution < 1.29 is 4.74 Å². The van der Waals surface area contributed by atoms with Crippen LogP contribution in [0.1, 0.15) is 5.56 Å². The fourth-order valence-electron chi connectivity index (χ4n) is 2.12. The summed E-state index contributed by atoms with van der Waals surface area (Å²) in [6, 6.07) is 19.2.